The zero-order valence-corrected chi connectivity index (χ0v) is 13.0. The molecule has 1 aromatic carbocycles. The maximum absolute atomic E-state index is 14.1. The molecule has 0 heterocycles. The fourth-order valence-corrected chi connectivity index (χ4v) is 4.00. The lowest BCUT2D eigenvalue weighted by molar-refractivity contribution is -0.142. The molecule has 3 N–H and O–H groups in total. The first-order valence-electron chi connectivity index (χ1n) is 7.97. The van der Waals surface area contributed by atoms with E-state index in [2.05, 4.69) is 5.32 Å². The van der Waals surface area contributed by atoms with Crippen LogP contribution in [0.25, 0.3) is 0 Å². The lowest BCUT2D eigenvalue weighted by Gasteiger charge is -2.21. The molecule has 2 saturated carbocycles. The van der Waals surface area contributed by atoms with Gasteiger partial charge in [-0.05, 0) is 30.5 Å². The van der Waals surface area contributed by atoms with E-state index in [-0.39, 0.29) is 17.7 Å². The third-order valence-corrected chi connectivity index (χ3v) is 5.28. The van der Waals surface area contributed by atoms with Crippen molar-refractivity contribution in [3.05, 3.63) is 29.8 Å². The molecule has 7 heteroatoms. The fraction of sp³-hybridized carbons (Fsp3) is 0.529. The Balaban J connectivity index is 1.72. The number of fused-ring (bicyclic) bond motifs is 1. The van der Waals surface area contributed by atoms with Crippen LogP contribution in [0, 0.1) is 11.3 Å². The van der Waals surface area contributed by atoms with Crippen molar-refractivity contribution < 1.29 is 28.6 Å². The van der Waals surface area contributed by atoms with Crippen molar-refractivity contribution in [3.8, 4) is 5.75 Å². The Morgan fingerprint density at radius 3 is 2.71 bits per heavy atom. The third kappa shape index (κ3) is 2.61. The molecular formula is C17H19F2NO4. The predicted molar refractivity (Wildman–Crippen MR) is 80.6 cm³/mol. The molecule has 1 aromatic rings. The van der Waals surface area contributed by atoms with Crippen LogP contribution in [0.1, 0.15) is 43.7 Å². The zero-order valence-electron chi connectivity index (χ0n) is 13.0. The van der Waals surface area contributed by atoms with E-state index in [0.717, 1.165) is 6.42 Å². The van der Waals surface area contributed by atoms with Crippen LogP contribution in [0.3, 0.4) is 0 Å². The number of carboxylic acid groups (broad SMARTS) is 1. The second kappa shape index (κ2) is 5.72. The van der Waals surface area contributed by atoms with E-state index in [4.69, 9.17) is 0 Å². The normalized spacial score (nSPS) is 28.5. The molecule has 0 aliphatic heterocycles. The van der Waals surface area contributed by atoms with Gasteiger partial charge < -0.3 is 15.5 Å². The highest BCUT2D eigenvalue weighted by atomic mass is 19.3. The molecule has 24 heavy (non-hydrogen) atoms. The summed E-state index contributed by atoms with van der Waals surface area (Å²) >= 11 is 0. The summed E-state index contributed by atoms with van der Waals surface area (Å²) in [5.74, 6) is -5.75. The molecule has 3 unspecified atom stereocenters. The van der Waals surface area contributed by atoms with Crippen LogP contribution in [0.2, 0.25) is 0 Å². The van der Waals surface area contributed by atoms with Gasteiger partial charge in [0.05, 0.1) is 5.41 Å². The van der Waals surface area contributed by atoms with Gasteiger partial charge in [0.2, 0.25) is 5.91 Å². The number of halogens is 2. The fourth-order valence-electron chi connectivity index (χ4n) is 4.00. The summed E-state index contributed by atoms with van der Waals surface area (Å²) in [6.07, 6.45) is 1.74. The van der Waals surface area contributed by atoms with Gasteiger partial charge in [-0.3, -0.25) is 4.79 Å². The van der Waals surface area contributed by atoms with Gasteiger partial charge in [0, 0.05) is 12.3 Å². The van der Waals surface area contributed by atoms with Crippen LogP contribution in [-0.2, 0) is 9.59 Å². The number of aromatic hydroxyl groups is 1. The minimum Gasteiger partial charge on any atom is -0.508 e. The Morgan fingerprint density at radius 1 is 1.33 bits per heavy atom. The second-order valence-corrected chi connectivity index (χ2v) is 6.69. The molecule has 2 aliphatic carbocycles. The van der Waals surface area contributed by atoms with E-state index in [1.54, 1.807) is 0 Å². The lowest BCUT2D eigenvalue weighted by Crippen LogP contribution is -2.36. The van der Waals surface area contributed by atoms with E-state index in [9.17, 15) is 28.6 Å². The maximum atomic E-state index is 14.1. The van der Waals surface area contributed by atoms with Gasteiger partial charge in [-0.25, -0.2) is 13.6 Å². The van der Waals surface area contributed by atoms with E-state index >= 15 is 0 Å². The number of aliphatic carboxylic acids is 1. The molecule has 0 radical (unpaired) electrons. The number of nitrogens with one attached hydrogen (secondary N) is 1. The topological polar surface area (TPSA) is 86.6 Å². The number of hydrogen-bond donors (Lipinski definition) is 3. The first-order chi connectivity index (χ1) is 11.3. The third-order valence-electron chi connectivity index (χ3n) is 5.28. The molecule has 3 atom stereocenters. The minimum absolute atomic E-state index is 0.132. The number of carbonyl (C=O) groups excluding carboxylic acids is 1. The first-order valence-corrected chi connectivity index (χ1v) is 7.97. The van der Waals surface area contributed by atoms with Crippen LogP contribution in [0.5, 0.6) is 5.75 Å². The van der Waals surface area contributed by atoms with E-state index < -0.39 is 35.2 Å². The highest BCUT2D eigenvalue weighted by molar-refractivity contribution is 5.85. The van der Waals surface area contributed by atoms with Crippen molar-refractivity contribution >= 4 is 11.9 Å². The number of carbonyl (C=O) groups is 2. The van der Waals surface area contributed by atoms with Gasteiger partial charge >= 0.3 is 5.97 Å². The number of amides is 1. The number of benzene rings is 1. The van der Waals surface area contributed by atoms with Gasteiger partial charge in [0.1, 0.15) is 5.75 Å². The molecule has 1 amide bonds. The molecular weight excluding hydrogens is 320 g/mol. The average molecular weight is 339 g/mol. The van der Waals surface area contributed by atoms with Gasteiger partial charge in [-0.2, -0.15) is 0 Å². The van der Waals surface area contributed by atoms with Crippen molar-refractivity contribution in [3.63, 3.8) is 0 Å². The maximum Gasteiger partial charge on any atom is 0.330 e. The highest BCUT2D eigenvalue weighted by Gasteiger charge is 2.80. The molecule has 0 saturated heterocycles. The van der Waals surface area contributed by atoms with E-state index in [1.807, 2.05) is 0 Å². The standard InChI is InChI=1S/C17H19F2NO4/c18-17(19)12-6-1-2-7-16(12,17)9-13(22)20-14(15(23)24)10-4-3-5-11(21)8-10/h3-5,8,12,14,21H,1-2,6-7,9H2,(H,20,22)(H,23,24). The minimum atomic E-state index is -2.84. The van der Waals surface area contributed by atoms with Crippen LogP contribution in [-0.4, -0.2) is 28.0 Å². The second-order valence-electron chi connectivity index (χ2n) is 6.69. The summed E-state index contributed by atoms with van der Waals surface area (Å²) < 4.78 is 28.1. The molecule has 0 bridgehead atoms. The smallest absolute Gasteiger partial charge is 0.330 e. The largest absolute Gasteiger partial charge is 0.508 e. The van der Waals surface area contributed by atoms with Crippen molar-refractivity contribution in [1.82, 2.24) is 5.32 Å². The number of rotatable bonds is 5. The number of hydrogen-bond acceptors (Lipinski definition) is 3. The van der Waals surface area contributed by atoms with Gasteiger partial charge in [-0.15, -0.1) is 0 Å². The summed E-state index contributed by atoms with van der Waals surface area (Å²) in [5.41, 5.74) is -1.12. The Labute approximate surface area is 137 Å². The lowest BCUT2D eigenvalue weighted by atomic mass is 9.85. The molecule has 3 rings (SSSR count). The van der Waals surface area contributed by atoms with Crippen LogP contribution in [0.15, 0.2) is 24.3 Å². The number of carboxylic acids is 1. The molecule has 5 nitrogen and oxygen atoms in total. The van der Waals surface area contributed by atoms with Gasteiger partial charge in [-0.1, -0.05) is 25.0 Å². The molecule has 2 fully saturated rings. The van der Waals surface area contributed by atoms with Crippen LogP contribution >= 0.6 is 0 Å². The van der Waals surface area contributed by atoms with Gasteiger partial charge in [0.25, 0.3) is 5.92 Å². The summed E-state index contributed by atoms with van der Waals surface area (Å²) in [5, 5.41) is 21.1. The zero-order chi connectivity index (χ0) is 17.5. The number of alkyl halides is 2. The summed E-state index contributed by atoms with van der Waals surface area (Å²) in [6.45, 7) is 0. The molecule has 0 spiro atoms. The summed E-state index contributed by atoms with van der Waals surface area (Å²) in [6, 6.07) is 4.13. The van der Waals surface area contributed by atoms with E-state index in [1.165, 1.54) is 24.3 Å². The number of phenolic OH excluding ortho intramolecular Hbond substituents is 1. The first kappa shape index (κ1) is 16.7. The quantitative estimate of drug-likeness (QED) is 0.770. The number of phenols is 1. The Kier molecular flexibility index (Phi) is 3.97. The van der Waals surface area contributed by atoms with Gasteiger partial charge in [0.15, 0.2) is 6.04 Å². The van der Waals surface area contributed by atoms with Crippen LogP contribution < -0.4 is 5.32 Å². The van der Waals surface area contributed by atoms with Crippen molar-refractivity contribution in [1.29, 1.82) is 0 Å². The molecule has 0 aromatic heterocycles. The van der Waals surface area contributed by atoms with E-state index in [0.29, 0.717) is 19.3 Å². The summed E-state index contributed by atoms with van der Waals surface area (Å²) in [7, 11) is 0. The summed E-state index contributed by atoms with van der Waals surface area (Å²) in [4.78, 5) is 23.6. The monoisotopic (exact) mass is 339 g/mol. The predicted octanol–water partition coefficient (Wildman–Crippen LogP) is 2.85. The Bertz CT molecular complexity index is 678. The Hall–Kier alpha value is -2.18. The highest BCUT2D eigenvalue weighted by Crippen LogP contribution is 2.73. The van der Waals surface area contributed by atoms with Crippen LogP contribution in [0.4, 0.5) is 8.78 Å². The SMILES string of the molecule is O=C(CC12CCCCC1C2(F)F)NC(C(=O)O)c1cccc(O)c1. The van der Waals surface area contributed by atoms with Crippen molar-refractivity contribution in [2.75, 3.05) is 0 Å². The Morgan fingerprint density at radius 2 is 2.08 bits per heavy atom. The van der Waals surface area contributed by atoms with Crippen molar-refractivity contribution in [2.24, 2.45) is 11.3 Å². The molecule has 130 valence electrons. The molecule has 2 aliphatic rings. The average Bonchev–Trinajstić information content (AvgIpc) is 3.00. The van der Waals surface area contributed by atoms with Crippen molar-refractivity contribution in [2.45, 2.75) is 44.1 Å².